The molecule has 3 rings (SSSR count). The molecule has 1 aromatic carbocycles. The molecule has 2 aromatic rings. The monoisotopic (exact) mass is 413 g/mol. The molecule has 2 heterocycles. The molecule has 1 aliphatic rings. The SMILES string of the molecule is Cl.Cl.Nc1ccc(CC(=O)N2CCN(c3cccc([N+](=O)[O-])c3)CC2)nc1. The van der Waals surface area contributed by atoms with Crippen molar-refractivity contribution in [2.24, 2.45) is 0 Å². The van der Waals surface area contributed by atoms with E-state index in [1.807, 2.05) is 6.07 Å². The zero-order chi connectivity index (χ0) is 17.8. The minimum absolute atomic E-state index is 0. The molecular formula is C17H21Cl2N5O3. The van der Waals surface area contributed by atoms with E-state index in [4.69, 9.17) is 5.73 Å². The molecule has 0 unspecified atom stereocenters. The Labute approximate surface area is 169 Å². The van der Waals surface area contributed by atoms with Gasteiger partial charge in [-0.2, -0.15) is 0 Å². The molecule has 146 valence electrons. The number of rotatable bonds is 4. The van der Waals surface area contributed by atoms with Crippen LogP contribution in [0.3, 0.4) is 0 Å². The highest BCUT2D eigenvalue weighted by Gasteiger charge is 2.22. The van der Waals surface area contributed by atoms with Crippen LogP contribution in [-0.4, -0.2) is 46.9 Å². The number of carbonyl (C=O) groups is 1. The summed E-state index contributed by atoms with van der Waals surface area (Å²) >= 11 is 0. The largest absolute Gasteiger partial charge is 0.397 e. The van der Waals surface area contributed by atoms with Crippen LogP contribution in [0.25, 0.3) is 0 Å². The number of pyridine rings is 1. The van der Waals surface area contributed by atoms with Gasteiger partial charge in [-0.25, -0.2) is 0 Å². The first-order valence-electron chi connectivity index (χ1n) is 8.00. The maximum Gasteiger partial charge on any atom is 0.271 e. The Morgan fingerprint density at radius 3 is 2.44 bits per heavy atom. The normalized spacial score (nSPS) is 13.3. The summed E-state index contributed by atoms with van der Waals surface area (Å²) in [6.07, 6.45) is 1.79. The Morgan fingerprint density at radius 1 is 1.15 bits per heavy atom. The molecule has 1 aromatic heterocycles. The number of nitro benzene ring substituents is 1. The van der Waals surface area contributed by atoms with Crippen molar-refractivity contribution in [1.29, 1.82) is 0 Å². The number of hydrogen-bond donors (Lipinski definition) is 1. The van der Waals surface area contributed by atoms with Gasteiger partial charge in [0.15, 0.2) is 0 Å². The van der Waals surface area contributed by atoms with Crippen LogP contribution in [0.2, 0.25) is 0 Å². The molecule has 0 atom stereocenters. The first kappa shape index (κ1) is 22.5. The lowest BCUT2D eigenvalue weighted by atomic mass is 10.2. The lowest BCUT2D eigenvalue weighted by molar-refractivity contribution is -0.384. The van der Waals surface area contributed by atoms with Crippen LogP contribution in [0.4, 0.5) is 17.1 Å². The number of non-ortho nitro benzene ring substituents is 1. The van der Waals surface area contributed by atoms with Gasteiger partial charge in [-0.05, 0) is 18.2 Å². The molecule has 1 amide bonds. The predicted molar refractivity (Wildman–Crippen MR) is 109 cm³/mol. The van der Waals surface area contributed by atoms with Crippen LogP contribution >= 0.6 is 24.8 Å². The van der Waals surface area contributed by atoms with E-state index in [1.165, 1.54) is 6.07 Å². The quantitative estimate of drug-likeness (QED) is 0.608. The lowest BCUT2D eigenvalue weighted by Crippen LogP contribution is -2.49. The van der Waals surface area contributed by atoms with Crippen molar-refractivity contribution in [3.05, 3.63) is 58.4 Å². The van der Waals surface area contributed by atoms with Crippen LogP contribution in [0, 0.1) is 10.1 Å². The number of nitrogens with two attached hydrogens (primary N) is 1. The summed E-state index contributed by atoms with van der Waals surface area (Å²) in [7, 11) is 0. The topological polar surface area (TPSA) is 106 Å². The second kappa shape index (κ2) is 9.94. The summed E-state index contributed by atoms with van der Waals surface area (Å²) in [5, 5.41) is 10.9. The first-order chi connectivity index (χ1) is 12.0. The van der Waals surface area contributed by atoms with Gasteiger partial charge in [0.2, 0.25) is 5.91 Å². The average molecular weight is 414 g/mol. The summed E-state index contributed by atoms with van der Waals surface area (Å²) in [4.78, 5) is 30.9. The van der Waals surface area contributed by atoms with Crippen molar-refractivity contribution < 1.29 is 9.72 Å². The highest BCUT2D eigenvalue weighted by Crippen LogP contribution is 2.22. The van der Waals surface area contributed by atoms with Crippen molar-refractivity contribution in [2.45, 2.75) is 6.42 Å². The number of aromatic nitrogens is 1. The molecule has 1 aliphatic heterocycles. The van der Waals surface area contributed by atoms with Gasteiger partial charge in [0.05, 0.1) is 23.2 Å². The minimum Gasteiger partial charge on any atom is -0.397 e. The van der Waals surface area contributed by atoms with Gasteiger partial charge in [0.1, 0.15) is 0 Å². The maximum atomic E-state index is 12.4. The molecular weight excluding hydrogens is 393 g/mol. The molecule has 1 saturated heterocycles. The molecule has 0 spiro atoms. The number of piperazine rings is 1. The smallest absolute Gasteiger partial charge is 0.271 e. The number of benzene rings is 1. The Balaban J connectivity index is 0.00000182. The van der Waals surface area contributed by atoms with E-state index in [0.717, 1.165) is 5.69 Å². The summed E-state index contributed by atoms with van der Waals surface area (Å²) in [6, 6.07) is 10.1. The van der Waals surface area contributed by atoms with Crippen molar-refractivity contribution in [2.75, 3.05) is 36.8 Å². The number of hydrogen-bond acceptors (Lipinski definition) is 6. The number of nitro groups is 1. The van der Waals surface area contributed by atoms with Gasteiger partial charge in [-0.3, -0.25) is 19.9 Å². The third-order valence-corrected chi connectivity index (χ3v) is 4.22. The number of carbonyl (C=O) groups excluding carboxylic acids is 1. The fourth-order valence-corrected chi connectivity index (χ4v) is 2.82. The Hall–Kier alpha value is -2.58. The molecule has 0 saturated carbocycles. The lowest BCUT2D eigenvalue weighted by Gasteiger charge is -2.36. The molecule has 0 bridgehead atoms. The van der Waals surface area contributed by atoms with Crippen molar-refractivity contribution in [3.8, 4) is 0 Å². The molecule has 0 aliphatic carbocycles. The zero-order valence-electron chi connectivity index (χ0n) is 14.5. The highest BCUT2D eigenvalue weighted by atomic mass is 35.5. The third kappa shape index (κ3) is 5.70. The highest BCUT2D eigenvalue weighted by molar-refractivity contribution is 5.85. The van der Waals surface area contributed by atoms with Gasteiger partial charge in [0, 0.05) is 49.7 Å². The molecule has 10 heteroatoms. The Bertz CT molecular complexity index is 780. The summed E-state index contributed by atoms with van der Waals surface area (Å²) in [5.74, 6) is 0.0240. The van der Waals surface area contributed by atoms with Crippen LogP contribution in [-0.2, 0) is 11.2 Å². The van der Waals surface area contributed by atoms with Gasteiger partial charge < -0.3 is 15.5 Å². The Morgan fingerprint density at radius 2 is 1.85 bits per heavy atom. The van der Waals surface area contributed by atoms with E-state index in [2.05, 4.69) is 9.88 Å². The van der Waals surface area contributed by atoms with Crippen LogP contribution < -0.4 is 10.6 Å². The van der Waals surface area contributed by atoms with Crippen molar-refractivity contribution in [3.63, 3.8) is 0 Å². The van der Waals surface area contributed by atoms with Gasteiger partial charge >= 0.3 is 0 Å². The number of amides is 1. The van der Waals surface area contributed by atoms with E-state index in [-0.39, 0.29) is 42.8 Å². The van der Waals surface area contributed by atoms with E-state index < -0.39 is 4.92 Å². The predicted octanol–water partition coefficient (Wildman–Crippen LogP) is 2.31. The average Bonchev–Trinajstić information content (AvgIpc) is 2.64. The second-order valence-corrected chi connectivity index (χ2v) is 5.90. The standard InChI is InChI=1S/C17H19N5O3.2ClH/c18-13-4-5-14(19-12-13)10-17(23)21-8-6-20(7-9-21)15-2-1-3-16(11-15)22(24)25;;/h1-5,11-12H,6-10,18H2;2*1H. The van der Waals surface area contributed by atoms with E-state index >= 15 is 0 Å². The zero-order valence-corrected chi connectivity index (χ0v) is 16.1. The molecule has 27 heavy (non-hydrogen) atoms. The minimum atomic E-state index is -0.400. The van der Waals surface area contributed by atoms with E-state index in [1.54, 1.807) is 35.4 Å². The molecule has 8 nitrogen and oxygen atoms in total. The fraction of sp³-hybridized carbons (Fsp3) is 0.294. The number of nitrogens with zero attached hydrogens (tertiary/aromatic N) is 4. The Kier molecular flexibility index (Phi) is 8.27. The number of anilines is 2. The van der Waals surface area contributed by atoms with Crippen LogP contribution in [0.5, 0.6) is 0 Å². The summed E-state index contributed by atoms with van der Waals surface area (Å²) in [6.45, 7) is 2.44. The third-order valence-electron chi connectivity index (χ3n) is 4.22. The van der Waals surface area contributed by atoms with E-state index in [9.17, 15) is 14.9 Å². The van der Waals surface area contributed by atoms with Gasteiger partial charge in [-0.1, -0.05) is 6.07 Å². The molecule has 0 radical (unpaired) electrons. The molecule has 1 fully saturated rings. The number of halogens is 2. The van der Waals surface area contributed by atoms with Crippen molar-refractivity contribution >= 4 is 47.8 Å². The molecule has 2 N–H and O–H groups in total. The van der Waals surface area contributed by atoms with E-state index in [0.29, 0.717) is 37.6 Å². The fourth-order valence-electron chi connectivity index (χ4n) is 2.82. The summed E-state index contributed by atoms with van der Waals surface area (Å²) < 4.78 is 0. The first-order valence-corrected chi connectivity index (χ1v) is 8.00. The van der Waals surface area contributed by atoms with Crippen molar-refractivity contribution in [1.82, 2.24) is 9.88 Å². The summed E-state index contributed by atoms with van der Waals surface area (Å²) in [5.41, 5.74) is 7.74. The van der Waals surface area contributed by atoms with Gasteiger partial charge in [-0.15, -0.1) is 24.8 Å². The van der Waals surface area contributed by atoms with Crippen LogP contribution in [0.15, 0.2) is 42.6 Å². The van der Waals surface area contributed by atoms with Gasteiger partial charge in [0.25, 0.3) is 5.69 Å². The second-order valence-electron chi connectivity index (χ2n) is 5.90. The maximum absolute atomic E-state index is 12.4. The van der Waals surface area contributed by atoms with Crippen LogP contribution in [0.1, 0.15) is 5.69 Å². The number of nitrogen functional groups attached to an aromatic ring is 1.